The van der Waals surface area contributed by atoms with Crippen LogP contribution in [0.25, 0.3) is 0 Å². The molecule has 0 saturated heterocycles. The smallest absolute Gasteiger partial charge is 0.462 e. The lowest BCUT2D eigenvalue weighted by atomic mass is 10.1. The minimum Gasteiger partial charge on any atom is -0.462 e. The fraction of sp³-hybridized carbons (Fsp3) is 0.618. The fourth-order valence-corrected chi connectivity index (χ4v) is 11.8. The molecule has 0 aromatic rings. The minimum absolute atomic E-state index is 0.0246. The van der Waals surface area contributed by atoms with Gasteiger partial charge in [-0.2, -0.15) is 0 Å². The van der Waals surface area contributed by atoms with Crippen LogP contribution in [-0.4, -0.2) is 96.7 Å². The highest BCUT2D eigenvalue weighted by Gasteiger charge is 2.30. The van der Waals surface area contributed by atoms with Gasteiger partial charge in [-0.25, -0.2) is 9.13 Å². The molecule has 0 aliphatic carbocycles. The Morgan fingerprint density at radius 2 is 0.537 bits per heavy atom. The number of hydrogen-bond acceptors (Lipinski definition) is 15. The Morgan fingerprint density at radius 1 is 0.278 bits per heavy atom. The Balaban J connectivity index is 5.54. The molecular weight excluding hydrogens is 1400 g/mol. The zero-order valence-electron chi connectivity index (χ0n) is 66.9. The van der Waals surface area contributed by atoms with E-state index in [2.05, 4.69) is 167 Å². The first-order valence-corrected chi connectivity index (χ1v) is 44.0. The van der Waals surface area contributed by atoms with Crippen molar-refractivity contribution in [1.29, 1.82) is 0 Å². The highest BCUT2D eigenvalue weighted by molar-refractivity contribution is 7.47. The van der Waals surface area contributed by atoms with Gasteiger partial charge in [0, 0.05) is 19.3 Å². The SMILES string of the molecule is CC/C=C\C/C=C\C/C=C\C/C=C\C/C=C\C/C=C\CCC(=O)OCC(COP(=O)(O)OCC(O)COP(=O)(O)OCC(COC(=O)C/C=C\C/C=C\C/C=C\C/C=C\C/C=C\CC)OC(=O)CCCCCCC/C=C\CCCCCCCC)OC(=O)CCCCCCCC/C=C\C/C=C\C/C=C\CCCCC. The summed E-state index contributed by atoms with van der Waals surface area (Å²) in [4.78, 5) is 73.0. The van der Waals surface area contributed by atoms with Gasteiger partial charge < -0.3 is 33.8 Å². The van der Waals surface area contributed by atoms with Crippen LogP contribution in [0, 0.1) is 0 Å². The molecule has 0 amide bonds. The van der Waals surface area contributed by atoms with Crippen molar-refractivity contribution in [3.8, 4) is 0 Å². The maximum Gasteiger partial charge on any atom is 0.472 e. The summed E-state index contributed by atoms with van der Waals surface area (Å²) in [6.07, 6.45) is 96.2. The fourth-order valence-electron chi connectivity index (χ4n) is 10.2. The van der Waals surface area contributed by atoms with E-state index in [0.29, 0.717) is 32.1 Å². The second kappa shape index (κ2) is 79.3. The summed E-state index contributed by atoms with van der Waals surface area (Å²) in [5.41, 5.74) is 0. The lowest BCUT2D eigenvalue weighted by molar-refractivity contribution is -0.161. The number of rotatable bonds is 75. The van der Waals surface area contributed by atoms with Crippen LogP contribution >= 0.6 is 15.6 Å². The maximum atomic E-state index is 13.1. The topological polar surface area (TPSA) is 237 Å². The van der Waals surface area contributed by atoms with Gasteiger partial charge in [-0.15, -0.1) is 0 Å². The van der Waals surface area contributed by atoms with E-state index in [0.717, 1.165) is 154 Å². The number of unbranched alkanes of at least 4 members (excludes halogenated alkanes) is 20. The Hall–Kier alpha value is -5.84. The minimum atomic E-state index is -5.02. The summed E-state index contributed by atoms with van der Waals surface area (Å²) in [6.45, 7) is 4.38. The van der Waals surface area contributed by atoms with Crippen LogP contribution in [0.4, 0.5) is 0 Å². The van der Waals surface area contributed by atoms with Crippen molar-refractivity contribution in [3.63, 3.8) is 0 Å². The average Bonchev–Trinajstić information content (AvgIpc) is 0.896. The number of aliphatic hydroxyl groups excluding tert-OH is 1. The van der Waals surface area contributed by atoms with Gasteiger partial charge in [0.2, 0.25) is 0 Å². The molecule has 0 aromatic heterocycles. The molecule has 5 unspecified atom stereocenters. The number of esters is 4. The van der Waals surface area contributed by atoms with E-state index in [1.807, 2.05) is 36.5 Å². The zero-order valence-corrected chi connectivity index (χ0v) is 68.7. The molecule has 0 rings (SSSR count). The van der Waals surface area contributed by atoms with Gasteiger partial charge in [-0.05, 0) is 154 Å². The Kier molecular flexibility index (Phi) is 75.0. The van der Waals surface area contributed by atoms with Gasteiger partial charge in [-0.3, -0.25) is 37.3 Å². The van der Waals surface area contributed by atoms with E-state index in [4.69, 9.17) is 37.0 Å². The van der Waals surface area contributed by atoms with E-state index in [1.165, 1.54) is 57.8 Å². The highest BCUT2D eigenvalue weighted by Crippen LogP contribution is 2.45. The predicted molar refractivity (Wildman–Crippen MR) is 445 cm³/mol. The normalized spacial score (nSPS) is 14.8. The van der Waals surface area contributed by atoms with E-state index in [-0.39, 0.29) is 25.7 Å². The number of ether oxygens (including phenoxy) is 4. The number of phosphoric acid groups is 2. The summed E-state index contributed by atoms with van der Waals surface area (Å²) in [7, 11) is -10.0. The van der Waals surface area contributed by atoms with Crippen LogP contribution < -0.4 is 0 Å². The van der Waals surface area contributed by atoms with Crippen LogP contribution in [0.3, 0.4) is 0 Å². The van der Waals surface area contributed by atoms with Gasteiger partial charge in [-0.1, -0.05) is 300 Å². The van der Waals surface area contributed by atoms with Crippen LogP contribution in [0.2, 0.25) is 0 Å². The van der Waals surface area contributed by atoms with Gasteiger partial charge >= 0.3 is 39.5 Å². The molecule has 0 saturated carbocycles. The molecule has 0 radical (unpaired) electrons. The molecular formula is C89H144O17P2. The molecule has 612 valence electrons. The van der Waals surface area contributed by atoms with E-state index < -0.39 is 97.5 Å². The Morgan fingerprint density at radius 3 is 0.889 bits per heavy atom. The number of phosphoric ester groups is 2. The molecule has 0 aliphatic heterocycles. The third-order valence-corrected chi connectivity index (χ3v) is 18.3. The number of carbonyl (C=O) groups is 4. The average molecular weight is 1550 g/mol. The van der Waals surface area contributed by atoms with Crippen molar-refractivity contribution in [2.45, 2.75) is 316 Å². The van der Waals surface area contributed by atoms with Crippen molar-refractivity contribution in [2.24, 2.45) is 0 Å². The molecule has 17 nitrogen and oxygen atoms in total. The third kappa shape index (κ3) is 78.3. The molecule has 0 spiro atoms. The van der Waals surface area contributed by atoms with Gasteiger partial charge in [0.25, 0.3) is 0 Å². The van der Waals surface area contributed by atoms with Crippen LogP contribution in [0.15, 0.2) is 182 Å². The van der Waals surface area contributed by atoms with Gasteiger partial charge in [0.15, 0.2) is 12.2 Å². The lowest BCUT2D eigenvalue weighted by Crippen LogP contribution is -2.30. The quantitative estimate of drug-likeness (QED) is 0.0169. The van der Waals surface area contributed by atoms with Crippen LogP contribution in [0.1, 0.15) is 297 Å². The molecule has 0 bridgehead atoms. The summed E-state index contributed by atoms with van der Waals surface area (Å²) in [5.74, 6) is -2.46. The zero-order chi connectivity index (χ0) is 78.9. The van der Waals surface area contributed by atoms with Crippen molar-refractivity contribution in [2.75, 3.05) is 39.6 Å². The molecule has 0 heterocycles. The first-order valence-electron chi connectivity index (χ1n) is 41.0. The van der Waals surface area contributed by atoms with Crippen LogP contribution in [0.5, 0.6) is 0 Å². The van der Waals surface area contributed by atoms with Gasteiger partial charge in [0.1, 0.15) is 19.3 Å². The van der Waals surface area contributed by atoms with Gasteiger partial charge in [0.05, 0.1) is 32.8 Å². The Labute approximate surface area is 654 Å². The lowest BCUT2D eigenvalue weighted by Gasteiger charge is -2.21. The maximum absolute atomic E-state index is 13.1. The molecule has 0 fully saturated rings. The summed E-state index contributed by atoms with van der Waals surface area (Å²) in [5, 5.41) is 10.7. The Bertz CT molecular complexity index is 2760. The molecule has 108 heavy (non-hydrogen) atoms. The highest BCUT2D eigenvalue weighted by atomic mass is 31.2. The van der Waals surface area contributed by atoms with Crippen molar-refractivity contribution in [1.82, 2.24) is 0 Å². The summed E-state index contributed by atoms with van der Waals surface area (Å²) in [6, 6.07) is 0. The third-order valence-electron chi connectivity index (χ3n) is 16.4. The first-order chi connectivity index (χ1) is 52.7. The van der Waals surface area contributed by atoms with Crippen LogP contribution in [-0.2, 0) is 65.4 Å². The molecule has 19 heteroatoms. The summed E-state index contributed by atoms with van der Waals surface area (Å²) >= 11 is 0. The van der Waals surface area contributed by atoms with E-state index in [9.17, 15) is 43.2 Å². The van der Waals surface area contributed by atoms with E-state index >= 15 is 0 Å². The number of allylic oxidation sites excluding steroid dienone is 29. The first kappa shape index (κ1) is 102. The molecule has 3 N–H and O–H groups in total. The molecule has 0 aromatic carbocycles. The predicted octanol–water partition coefficient (Wildman–Crippen LogP) is 24.3. The molecule has 0 aliphatic rings. The second-order valence-corrected chi connectivity index (χ2v) is 29.5. The standard InChI is InChI=1S/C89H144O17P2/c1-5-9-13-17-21-25-29-33-37-39-41-43-47-50-54-58-62-66-70-74-87(92)100-80-85(106-89(94)76-72-68-64-60-56-52-48-44-42-40-38-34-30-26-22-18-14-10-6-2)82-104-108(97,98)102-78-83(90)77-101-107(95,96)103-81-84(105-88(93)75-71-67-63-59-55-51-46-36-32-28-24-20-16-12-8-4)79-99-86(91)73-69-65-61-57-53-49-45-35-31-27-23-19-15-11-7-3/h9,11,13,15,21-23,25-27,33-38,41-46,50,53-54,57,62,65-66,69,83-85,90H,5-8,10,12,14,16-20,24,28-32,39-40,47-49,51-52,55-56,58-61,63-64,67-68,70-82H2,1-4H3,(H,95,96)(H,97,98)/b13-9-,15-11-,25-21-,26-22-,27-23-,37-33-,38-34-,43-41-,44-42-,45-35-,46-36-,54-50-,57-53-,66-62-,69-65-. The van der Waals surface area contributed by atoms with E-state index in [1.54, 1.807) is 6.08 Å². The van der Waals surface area contributed by atoms with Crippen molar-refractivity contribution >= 4 is 39.5 Å². The number of carbonyl (C=O) groups excluding carboxylic acids is 4. The van der Waals surface area contributed by atoms with Crippen molar-refractivity contribution < 1.29 is 80.2 Å². The number of hydrogen-bond donors (Lipinski definition) is 3. The molecule has 5 atom stereocenters. The largest absolute Gasteiger partial charge is 0.472 e. The van der Waals surface area contributed by atoms with Crippen molar-refractivity contribution in [3.05, 3.63) is 182 Å². The number of aliphatic hydroxyl groups is 1. The monoisotopic (exact) mass is 1550 g/mol. The summed E-state index contributed by atoms with van der Waals surface area (Å²) < 4.78 is 68.5. The second-order valence-electron chi connectivity index (χ2n) is 26.6.